The number of rotatable bonds is 7. The standard InChI is InChI=1S/C17H20O/c1-2-3-4-5-6-7-8-9-10-11-12-13-14-15-16-17-18/h2,7-10,15-16,18H,1,3-6,17H2. The molecule has 0 radical (unpaired) electrons. The van der Waals surface area contributed by atoms with Crippen LogP contribution in [0.1, 0.15) is 25.7 Å². The van der Waals surface area contributed by atoms with Gasteiger partial charge in [0, 0.05) is 0 Å². The van der Waals surface area contributed by atoms with E-state index in [-0.39, 0.29) is 6.61 Å². The molecule has 0 aliphatic heterocycles. The zero-order valence-corrected chi connectivity index (χ0v) is 10.7. The average Bonchev–Trinajstić information content (AvgIpc) is 2.39. The van der Waals surface area contributed by atoms with Crippen LogP contribution in [0.5, 0.6) is 0 Å². The van der Waals surface area contributed by atoms with Crippen molar-refractivity contribution in [2.24, 2.45) is 0 Å². The molecule has 0 rings (SSSR count). The quantitative estimate of drug-likeness (QED) is 0.313. The lowest BCUT2D eigenvalue weighted by atomic mass is 10.2. The molecule has 18 heavy (non-hydrogen) atoms. The molecule has 0 aliphatic rings. The number of aliphatic hydroxyl groups excluding tert-OH is 1. The average molecular weight is 240 g/mol. The van der Waals surface area contributed by atoms with Crippen LogP contribution in [0.3, 0.4) is 0 Å². The molecule has 0 bridgehead atoms. The maximum Gasteiger partial charge on any atom is 0.0621 e. The third-order valence-corrected chi connectivity index (χ3v) is 1.97. The predicted octanol–water partition coefficient (Wildman–Crippen LogP) is 3.40. The Kier molecular flexibility index (Phi) is 13.4. The molecule has 1 nitrogen and oxygen atoms in total. The predicted molar refractivity (Wildman–Crippen MR) is 78.7 cm³/mol. The Morgan fingerprint density at radius 2 is 1.61 bits per heavy atom. The second kappa shape index (κ2) is 15.0. The molecule has 1 N–H and O–H groups in total. The summed E-state index contributed by atoms with van der Waals surface area (Å²) in [5.74, 6) is 10.8. The smallest absolute Gasteiger partial charge is 0.0621 e. The number of unbranched alkanes of at least 4 members (excludes halogenated alkanes) is 3. The second-order valence-corrected chi connectivity index (χ2v) is 3.48. The first-order valence-corrected chi connectivity index (χ1v) is 6.11. The van der Waals surface area contributed by atoms with Crippen molar-refractivity contribution >= 4 is 0 Å². The third-order valence-electron chi connectivity index (χ3n) is 1.97. The highest BCUT2D eigenvalue weighted by Crippen LogP contribution is 2.00. The molecular weight excluding hydrogens is 220 g/mol. The summed E-state index contributed by atoms with van der Waals surface area (Å²) in [6.07, 6.45) is 17.5. The van der Waals surface area contributed by atoms with Gasteiger partial charge in [0.1, 0.15) is 0 Å². The number of hydrogen-bond acceptors (Lipinski definition) is 1. The number of allylic oxidation sites excluding steroid dienone is 6. The van der Waals surface area contributed by atoms with Gasteiger partial charge in [0.2, 0.25) is 0 Å². The summed E-state index contributed by atoms with van der Waals surface area (Å²) in [5.41, 5.74) is 0. The maximum atomic E-state index is 8.44. The SMILES string of the molecule is C=CCCCCC=CC=CC#CC#CC=CCO. The van der Waals surface area contributed by atoms with Crippen LogP contribution in [0.4, 0.5) is 0 Å². The fourth-order valence-electron chi connectivity index (χ4n) is 1.10. The molecule has 0 saturated carbocycles. The van der Waals surface area contributed by atoms with E-state index < -0.39 is 0 Å². The summed E-state index contributed by atoms with van der Waals surface area (Å²) in [6, 6.07) is 0. The highest BCUT2D eigenvalue weighted by Gasteiger charge is 1.80. The van der Waals surface area contributed by atoms with Crippen LogP contribution < -0.4 is 0 Å². The molecule has 0 aromatic heterocycles. The van der Waals surface area contributed by atoms with Gasteiger partial charge in [-0.15, -0.1) is 6.58 Å². The molecule has 0 unspecified atom stereocenters. The van der Waals surface area contributed by atoms with Crippen LogP contribution in [0.2, 0.25) is 0 Å². The Balaban J connectivity index is 3.66. The van der Waals surface area contributed by atoms with Gasteiger partial charge < -0.3 is 5.11 Å². The van der Waals surface area contributed by atoms with Crippen LogP contribution in [-0.4, -0.2) is 11.7 Å². The van der Waals surface area contributed by atoms with Gasteiger partial charge in [-0.1, -0.05) is 42.2 Å². The second-order valence-electron chi connectivity index (χ2n) is 3.48. The van der Waals surface area contributed by atoms with Gasteiger partial charge in [0.15, 0.2) is 0 Å². The van der Waals surface area contributed by atoms with Gasteiger partial charge in [0.25, 0.3) is 0 Å². The lowest BCUT2D eigenvalue weighted by molar-refractivity contribution is 0.343. The Morgan fingerprint density at radius 1 is 0.889 bits per heavy atom. The van der Waals surface area contributed by atoms with Gasteiger partial charge in [0.05, 0.1) is 6.61 Å². The molecule has 0 aromatic carbocycles. The molecule has 1 heteroatoms. The number of aliphatic hydroxyl groups is 1. The van der Waals surface area contributed by atoms with E-state index in [9.17, 15) is 0 Å². The molecule has 0 spiro atoms. The van der Waals surface area contributed by atoms with E-state index in [4.69, 9.17) is 5.11 Å². The molecule has 0 heterocycles. The fraction of sp³-hybridized carbons (Fsp3) is 0.294. The summed E-state index contributed by atoms with van der Waals surface area (Å²) in [5, 5.41) is 8.44. The first-order valence-electron chi connectivity index (χ1n) is 6.11. The monoisotopic (exact) mass is 240 g/mol. The Morgan fingerprint density at radius 3 is 2.33 bits per heavy atom. The van der Waals surface area contributed by atoms with Gasteiger partial charge in [-0.3, -0.25) is 0 Å². The summed E-state index contributed by atoms with van der Waals surface area (Å²) in [4.78, 5) is 0. The highest BCUT2D eigenvalue weighted by molar-refractivity contribution is 5.34. The molecule has 0 aliphatic carbocycles. The Bertz CT molecular complexity index is 402. The first-order chi connectivity index (χ1) is 8.91. The van der Waals surface area contributed by atoms with Crippen LogP contribution in [-0.2, 0) is 0 Å². The van der Waals surface area contributed by atoms with E-state index in [0.29, 0.717) is 0 Å². The van der Waals surface area contributed by atoms with Crippen molar-refractivity contribution in [2.45, 2.75) is 25.7 Å². The van der Waals surface area contributed by atoms with Crippen molar-refractivity contribution in [1.29, 1.82) is 0 Å². The third kappa shape index (κ3) is 14.0. The van der Waals surface area contributed by atoms with Gasteiger partial charge >= 0.3 is 0 Å². The van der Waals surface area contributed by atoms with E-state index in [1.165, 1.54) is 12.8 Å². The van der Waals surface area contributed by atoms with Crippen molar-refractivity contribution in [1.82, 2.24) is 0 Å². The fourth-order valence-corrected chi connectivity index (χ4v) is 1.10. The van der Waals surface area contributed by atoms with E-state index in [1.54, 1.807) is 18.2 Å². The molecule has 0 amide bonds. The van der Waals surface area contributed by atoms with Crippen molar-refractivity contribution < 1.29 is 5.11 Å². The van der Waals surface area contributed by atoms with Crippen LogP contribution in [0.15, 0.2) is 49.1 Å². The van der Waals surface area contributed by atoms with Gasteiger partial charge in [-0.2, -0.15) is 0 Å². The summed E-state index contributed by atoms with van der Waals surface area (Å²) in [7, 11) is 0. The lowest BCUT2D eigenvalue weighted by Gasteiger charge is -1.90. The highest BCUT2D eigenvalue weighted by atomic mass is 16.2. The minimum Gasteiger partial charge on any atom is -0.392 e. The van der Waals surface area contributed by atoms with Gasteiger partial charge in [-0.05, 0) is 49.7 Å². The maximum absolute atomic E-state index is 8.44. The molecule has 0 aromatic rings. The van der Waals surface area contributed by atoms with Crippen LogP contribution in [0.25, 0.3) is 0 Å². The van der Waals surface area contributed by atoms with Crippen molar-refractivity contribution in [3.8, 4) is 23.7 Å². The molecule has 0 atom stereocenters. The largest absolute Gasteiger partial charge is 0.392 e. The van der Waals surface area contributed by atoms with Crippen molar-refractivity contribution in [3.63, 3.8) is 0 Å². The summed E-state index contributed by atoms with van der Waals surface area (Å²) < 4.78 is 0. The lowest BCUT2D eigenvalue weighted by Crippen LogP contribution is -1.70. The minimum absolute atomic E-state index is 0.0135. The zero-order chi connectivity index (χ0) is 13.3. The number of hydrogen-bond donors (Lipinski definition) is 1. The van der Waals surface area contributed by atoms with E-state index in [0.717, 1.165) is 12.8 Å². The Labute approximate surface area is 111 Å². The zero-order valence-electron chi connectivity index (χ0n) is 10.7. The molecular formula is C17H20O. The topological polar surface area (TPSA) is 20.2 Å². The normalized spacial score (nSPS) is 10.3. The Hall–Kier alpha value is -1.96. The molecule has 0 fully saturated rings. The summed E-state index contributed by atoms with van der Waals surface area (Å²) in [6.45, 7) is 3.70. The first kappa shape index (κ1) is 16.0. The van der Waals surface area contributed by atoms with Crippen LogP contribution in [0, 0.1) is 23.7 Å². The van der Waals surface area contributed by atoms with Gasteiger partial charge in [-0.25, -0.2) is 0 Å². The van der Waals surface area contributed by atoms with E-state index >= 15 is 0 Å². The minimum atomic E-state index is 0.0135. The van der Waals surface area contributed by atoms with Crippen LogP contribution >= 0.6 is 0 Å². The van der Waals surface area contributed by atoms with Crippen molar-refractivity contribution in [2.75, 3.05) is 6.61 Å². The summed E-state index contributed by atoms with van der Waals surface area (Å²) >= 11 is 0. The molecule has 94 valence electrons. The van der Waals surface area contributed by atoms with E-state index in [2.05, 4.69) is 36.3 Å². The van der Waals surface area contributed by atoms with E-state index in [1.807, 2.05) is 18.2 Å². The van der Waals surface area contributed by atoms with Crippen molar-refractivity contribution in [3.05, 3.63) is 49.1 Å². The molecule has 0 saturated heterocycles.